The first-order valence-corrected chi connectivity index (χ1v) is 7.50. The fraction of sp³-hybridized carbons (Fsp3) is 0.462. The molecule has 1 unspecified atom stereocenters. The molecule has 0 bridgehead atoms. The van der Waals surface area contributed by atoms with E-state index in [2.05, 4.69) is 51.0 Å². The zero-order valence-corrected chi connectivity index (χ0v) is 14.2. The number of ether oxygens (including phenoxy) is 1. The molecule has 0 aliphatic heterocycles. The van der Waals surface area contributed by atoms with Gasteiger partial charge >= 0.3 is 5.97 Å². The number of aliphatic carboxylic acids is 1. The maximum Gasteiger partial charge on any atom is 0.344 e. The van der Waals surface area contributed by atoms with Crippen molar-refractivity contribution >= 4 is 37.8 Å². The van der Waals surface area contributed by atoms with Crippen molar-refractivity contribution in [2.45, 2.75) is 39.5 Å². The second kappa shape index (κ2) is 7.26. The Morgan fingerprint density at radius 3 is 2.26 bits per heavy atom. The lowest BCUT2D eigenvalue weighted by atomic mass is 10.2. The Balaban J connectivity index is 2.88. The molecule has 1 rings (SSSR count). The maximum atomic E-state index is 10.8. The van der Waals surface area contributed by atoms with Gasteiger partial charge in [0.2, 0.25) is 0 Å². The quantitative estimate of drug-likeness (QED) is 0.774. The van der Waals surface area contributed by atoms with Gasteiger partial charge in [-0.3, -0.25) is 0 Å². The zero-order chi connectivity index (χ0) is 14.6. The van der Waals surface area contributed by atoms with Gasteiger partial charge in [0.05, 0.1) is 8.95 Å². The molecule has 0 aromatic heterocycles. The van der Waals surface area contributed by atoms with Crippen LogP contribution in [0.1, 0.15) is 26.3 Å². The Morgan fingerprint density at radius 1 is 1.32 bits per heavy atom. The fourth-order valence-electron chi connectivity index (χ4n) is 1.38. The van der Waals surface area contributed by atoms with Gasteiger partial charge in [-0.15, -0.1) is 0 Å². The molecule has 1 atom stereocenters. The zero-order valence-electron chi connectivity index (χ0n) is 11.0. The monoisotopic (exact) mass is 393 g/mol. The molecular weight excluding hydrogens is 378 g/mol. The van der Waals surface area contributed by atoms with Crippen molar-refractivity contribution in [3.8, 4) is 5.75 Å². The number of benzene rings is 1. The predicted octanol–water partition coefficient (Wildman–Crippen LogP) is 3.56. The van der Waals surface area contributed by atoms with Gasteiger partial charge in [0.25, 0.3) is 0 Å². The first-order chi connectivity index (χ1) is 8.81. The van der Waals surface area contributed by atoms with E-state index in [1.54, 1.807) is 0 Å². The Bertz CT molecular complexity index is 440. The molecule has 106 valence electrons. The standard InChI is InChI=1S/C13H17Br2NO3/c1-7(2)16-6-9-4-10(14)12(11(15)5-9)19-8(3)13(17)18/h4-5,7-8,16H,6H2,1-3H3,(H,17,18). The summed E-state index contributed by atoms with van der Waals surface area (Å²) in [6.07, 6.45) is -0.896. The van der Waals surface area contributed by atoms with Crippen LogP contribution in [-0.4, -0.2) is 23.2 Å². The Kier molecular flexibility index (Phi) is 6.29. The van der Waals surface area contributed by atoms with Gasteiger partial charge in [0.15, 0.2) is 6.10 Å². The molecule has 0 spiro atoms. The van der Waals surface area contributed by atoms with Gasteiger partial charge in [-0.1, -0.05) is 13.8 Å². The van der Waals surface area contributed by atoms with Crippen molar-refractivity contribution in [1.29, 1.82) is 0 Å². The second-order valence-electron chi connectivity index (χ2n) is 4.52. The fourth-order valence-corrected chi connectivity index (χ4v) is 2.84. The van der Waals surface area contributed by atoms with E-state index in [0.717, 1.165) is 21.1 Å². The number of carbonyl (C=O) groups is 1. The van der Waals surface area contributed by atoms with E-state index in [1.165, 1.54) is 6.92 Å². The van der Waals surface area contributed by atoms with E-state index in [1.807, 2.05) is 12.1 Å². The van der Waals surface area contributed by atoms with Crippen LogP contribution in [0.25, 0.3) is 0 Å². The van der Waals surface area contributed by atoms with Crippen LogP contribution in [0.3, 0.4) is 0 Å². The van der Waals surface area contributed by atoms with Crippen LogP contribution in [0.4, 0.5) is 0 Å². The summed E-state index contributed by atoms with van der Waals surface area (Å²) in [5, 5.41) is 12.2. The van der Waals surface area contributed by atoms with Crippen molar-refractivity contribution < 1.29 is 14.6 Å². The normalized spacial score (nSPS) is 12.5. The largest absolute Gasteiger partial charge is 0.479 e. The third-order valence-electron chi connectivity index (χ3n) is 2.41. The summed E-state index contributed by atoms with van der Waals surface area (Å²) in [5.74, 6) is -0.493. The average Bonchev–Trinajstić information content (AvgIpc) is 2.30. The van der Waals surface area contributed by atoms with E-state index in [-0.39, 0.29) is 0 Å². The topological polar surface area (TPSA) is 58.6 Å². The molecule has 0 radical (unpaired) electrons. The summed E-state index contributed by atoms with van der Waals surface area (Å²) in [7, 11) is 0. The molecule has 19 heavy (non-hydrogen) atoms. The predicted molar refractivity (Wildman–Crippen MR) is 81.5 cm³/mol. The highest BCUT2D eigenvalue weighted by molar-refractivity contribution is 9.11. The second-order valence-corrected chi connectivity index (χ2v) is 6.23. The van der Waals surface area contributed by atoms with E-state index < -0.39 is 12.1 Å². The van der Waals surface area contributed by atoms with Crippen molar-refractivity contribution in [3.63, 3.8) is 0 Å². The Morgan fingerprint density at radius 2 is 1.84 bits per heavy atom. The number of halogens is 2. The summed E-state index contributed by atoms with van der Waals surface area (Å²) < 4.78 is 6.87. The number of carboxylic acids is 1. The molecule has 0 fully saturated rings. The minimum atomic E-state index is -0.996. The molecule has 0 aliphatic carbocycles. The van der Waals surface area contributed by atoms with Crippen LogP contribution < -0.4 is 10.1 Å². The number of hydrogen-bond acceptors (Lipinski definition) is 3. The van der Waals surface area contributed by atoms with Crippen LogP contribution in [-0.2, 0) is 11.3 Å². The summed E-state index contributed by atoms with van der Waals surface area (Å²) in [6.45, 7) is 6.39. The van der Waals surface area contributed by atoms with Gasteiger partial charge in [-0.2, -0.15) is 0 Å². The number of rotatable bonds is 6. The maximum absolute atomic E-state index is 10.8. The van der Waals surface area contributed by atoms with E-state index in [9.17, 15) is 4.79 Å². The SMILES string of the molecule is CC(C)NCc1cc(Br)c(OC(C)C(=O)O)c(Br)c1. The van der Waals surface area contributed by atoms with Crippen LogP contribution >= 0.6 is 31.9 Å². The van der Waals surface area contributed by atoms with E-state index in [4.69, 9.17) is 9.84 Å². The highest BCUT2D eigenvalue weighted by Crippen LogP contribution is 2.35. The molecule has 1 aromatic rings. The highest BCUT2D eigenvalue weighted by Gasteiger charge is 2.17. The van der Waals surface area contributed by atoms with Crippen molar-refractivity contribution in [3.05, 3.63) is 26.6 Å². The molecule has 0 aliphatic rings. The lowest BCUT2D eigenvalue weighted by molar-refractivity contribution is -0.144. The van der Waals surface area contributed by atoms with Crippen molar-refractivity contribution in [2.75, 3.05) is 0 Å². The number of hydrogen-bond donors (Lipinski definition) is 2. The molecule has 1 aromatic carbocycles. The molecular formula is C13H17Br2NO3. The Hall–Kier alpha value is -0.590. The molecule has 0 amide bonds. The molecule has 6 heteroatoms. The molecule has 0 saturated carbocycles. The van der Waals surface area contributed by atoms with Gasteiger partial charge < -0.3 is 15.2 Å². The van der Waals surface area contributed by atoms with Crippen LogP contribution in [0, 0.1) is 0 Å². The average molecular weight is 395 g/mol. The first kappa shape index (κ1) is 16.5. The molecule has 0 saturated heterocycles. The molecule has 2 N–H and O–H groups in total. The van der Waals surface area contributed by atoms with E-state index >= 15 is 0 Å². The summed E-state index contributed by atoms with van der Waals surface area (Å²) in [5.41, 5.74) is 1.09. The van der Waals surface area contributed by atoms with Gasteiger partial charge in [0, 0.05) is 12.6 Å². The van der Waals surface area contributed by atoms with Gasteiger partial charge in [-0.25, -0.2) is 4.79 Å². The first-order valence-electron chi connectivity index (χ1n) is 5.92. The number of nitrogens with one attached hydrogen (secondary N) is 1. The lowest BCUT2D eigenvalue weighted by Gasteiger charge is -2.15. The molecule has 0 heterocycles. The van der Waals surface area contributed by atoms with Gasteiger partial charge in [0.1, 0.15) is 5.75 Å². The van der Waals surface area contributed by atoms with Crippen molar-refractivity contribution in [1.82, 2.24) is 5.32 Å². The minimum absolute atomic E-state index is 0.403. The lowest BCUT2D eigenvalue weighted by Crippen LogP contribution is -2.23. The van der Waals surface area contributed by atoms with Crippen LogP contribution in [0.5, 0.6) is 5.75 Å². The summed E-state index contributed by atoms with van der Waals surface area (Å²) >= 11 is 6.81. The Labute approximate surface area is 129 Å². The smallest absolute Gasteiger partial charge is 0.344 e. The van der Waals surface area contributed by atoms with Crippen LogP contribution in [0.2, 0.25) is 0 Å². The third kappa shape index (κ3) is 5.12. The van der Waals surface area contributed by atoms with E-state index in [0.29, 0.717) is 11.8 Å². The van der Waals surface area contributed by atoms with Crippen LogP contribution in [0.15, 0.2) is 21.1 Å². The minimum Gasteiger partial charge on any atom is -0.479 e. The van der Waals surface area contributed by atoms with Gasteiger partial charge in [-0.05, 0) is 56.5 Å². The number of carboxylic acid groups (broad SMARTS) is 1. The highest BCUT2D eigenvalue weighted by atomic mass is 79.9. The summed E-state index contributed by atoms with van der Waals surface area (Å²) in [6, 6.07) is 4.24. The molecule has 4 nitrogen and oxygen atoms in total. The third-order valence-corrected chi connectivity index (χ3v) is 3.59. The summed E-state index contributed by atoms with van der Waals surface area (Å²) in [4.78, 5) is 10.8. The van der Waals surface area contributed by atoms with Crippen molar-refractivity contribution in [2.24, 2.45) is 0 Å².